The molecule has 0 radical (unpaired) electrons. The second-order valence-corrected chi connectivity index (χ2v) is 7.27. The number of aromatic amines is 1. The molecule has 1 amide bonds. The average Bonchev–Trinajstić information content (AvgIpc) is 3.15. The Kier molecular flexibility index (Phi) is 8.90. The fraction of sp³-hybridized carbons (Fsp3) is 0.450. The third-order valence-electron chi connectivity index (χ3n) is 4.46. The number of alkyl halides is 6. The number of amides is 1. The molecule has 4 N–H and O–H groups in total. The molecule has 34 heavy (non-hydrogen) atoms. The second-order valence-electron chi connectivity index (χ2n) is 7.27. The van der Waals surface area contributed by atoms with E-state index in [1.807, 2.05) is 0 Å². The van der Waals surface area contributed by atoms with Crippen molar-refractivity contribution in [2.75, 3.05) is 13.2 Å². The number of nitrogens with two attached hydrogens (primary N) is 1. The van der Waals surface area contributed by atoms with Gasteiger partial charge in [-0.1, -0.05) is 18.2 Å². The number of benzene rings is 1. The van der Waals surface area contributed by atoms with Gasteiger partial charge in [-0.15, -0.1) is 0 Å². The minimum Gasteiger partial charge on any atom is -0.455 e. The van der Waals surface area contributed by atoms with Crippen LogP contribution in [0.5, 0.6) is 0 Å². The van der Waals surface area contributed by atoms with Crippen molar-refractivity contribution in [2.24, 2.45) is 5.73 Å². The average molecular weight is 497 g/mol. The molecule has 0 fully saturated rings. The Bertz CT molecular complexity index is 1000. The summed E-state index contributed by atoms with van der Waals surface area (Å²) in [5, 5.41) is 2.89. The maximum Gasteiger partial charge on any atom is 0.422 e. The molecule has 0 aliphatic rings. The van der Waals surface area contributed by atoms with E-state index in [1.54, 1.807) is 24.3 Å². The fourth-order valence-electron chi connectivity index (χ4n) is 2.90. The van der Waals surface area contributed by atoms with Crippen molar-refractivity contribution in [3.63, 3.8) is 0 Å². The van der Waals surface area contributed by atoms with E-state index in [9.17, 15) is 40.7 Å². The van der Waals surface area contributed by atoms with Crippen LogP contribution in [0.15, 0.2) is 30.5 Å². The molecule has 188 valence electrons. The Morgan fingerprint density at radius 1 is 0.971 bits per heavy atom. The topological polar surface area (TPSA) is 124 Å². The Labute approximate surface area is 188 Å². The number of hydrogen-bond donors (Lipinski definition) is 3. The first-order valence-electron chi connectivity index (χ1n) is 9.82. The van der Waals surface area contributed by atoms with Crippen LogP contribution < -0.4 is 11.1 Å². The van der Waals surface area contributed by atoms with Crippen LogP contribution in [0.25, 0.3) is 10.9 Å². The third-order valence-corrected chi connectivity index (χ3v) is 4.46. The molecule has 0 saturated heterocycles. The van der Waals surface area contributed by atoms with Gasteiger partial charge in [0.1, 0.15) is 12.1 Å². The molecule has 1 aromatic heterocycles. The van der Waals surface area contributed by atoms with E-state index in [2.05, 4.69) is 19.8 Å². The van der Waals surface area contributed by atoms with Crippen LogP contribution in [0.4, 0.5) is 26.3 Å². The van der Waals surface area contributed by atoms with Gasteiger partial charge < -0.3 is 25.5 Å². The molecule has 1 unspecified atom stereocenters. The van der Waals surface area contributed by atoms with Crippen LogP contribution >= 0.6 is 0 Å². The molecule has 1 heterocycles. The Balaban J connectivity index is 2.02. The standard InChI is InChI=1S/C20H21F6N3O5/c21-19(22,23)9-33-17(31)13(27)5-6-16(30)29-15(18(32)34-10-20(24,25)26)7-11-8-28-14-4-2-1-3-12(11)14/h1-4,8,13,15,28H,5-7,9-10,27H2,(H,29,30)/t13-,15?/m1/s1. The molecule has 1 aromatic carbocycles. The molecule has 2 aromatic rings. The lowest BCUT2D eigenvalue weighted by atomic mass is 10.0. The number of rotatable bonds is 10. The summed E-state index contributed by atoms with van der Waals surface area (Å²) in [6.45, 7) is -3.70. The number of hydrogen-bond acceptors (Lipinski definition) is 6. The van der Waals surface area contributed by atoms with Gasteiger partial charge in [-0.3, -0.25) is 9.59 Å². The number of para-hydroxylation sites is 1. The smallest absolute Gasteiger partial charge is 0.422 e. The van der Waals surface area contributed by atoms with Gasteiger partial charge >= 0.3 is 24.3 Å². The lowest BCUT2D eigenvalue weighted by Gasteiger charge is -2.19. The summed E-state index contributed by atoms with van der Waals surface area (Å²) in [6, 6.07) is 3.80. The molecule has 8 nitrogen and oxygen atoms in total. The molecule has 0 aliphatic carbocycles. The molecule has 0 saturated carbocycles. The van der Waals surface area contributed by atoms with Gasteiger partial charge in [0.15, 0.2) is 13.2 Å². The Hall–Kier alpha value is -3.29. The summed E-state index contributed by atoms with van der Waals surface area (Å²) in [5.74, 6) is -3.61. The van der Waals surface area contributed by atoms with E-state index in [0.717, 1.165) is 0 Å². The summed E-state index contributed by atoms with van der Waals surface area (Å²) < 4.78 is 81.9. The maximum atomic E-state index is 12.5. The number of nitrogens with one attached hydrogen (secondary N) is 2. The Morgan fingerprint density at radius 3 is 2.18 bits per heavy atom. The predicted octanol–water partition coefficient (Wildman–Crippen LogP) is 2.51. The lowest BCUT2D eigenvalue weighted by molar-refractivity contribution is -0.187. The zero-order valence-electron chi connectivity index (χ0n) is 17.5. The summed E-state index contributed by atoms with van der Waals surface area (Å²) in [6.07, 6.45) is -9.17. The molecule has 14 heteroatoms. The number of esters is 2. The van der Waals surface area contributed by atoms with Gasteiger partial charge in [0.05, 0.1) is 0 Å². The number of halogens is 6. The van der Waals surface area contributed by atoms with Gasteiger partial charge in [0.25, 0.3) is 0 Å². The summed E-state index contributed by atoms with van der Waals surface area (Å²) >= 11 is 0. The number of ether oxygens (including phenoxy) is 2. The SMILES string of the molecule is N[C@H](CCC(=O)NC(Cc1c[nH]c2ccccc12)C(=O)OCC(F)(F)F)C(=O)OCC(F)(F)F. The second kappa shape index (κ2) is 11.2. The quantitative estimate of drug-likeness (QED) is 0.343. The number of carbonyl (C=O) groups excluding carboxylic acids is 3. The van der Waals surface area contributed by atoms with Crippen molar-refractivity contribution < 1.29 is 50.2 Å². The van der Waals surface area contributed by atoms with Crippen molar-refractivity contribution in [1.29, 1.82) is 0 Å². The van der Waals surface area contributed by atoms with Gasteiger partial charge in [-0.2, -0.15) is 26.3 Å². The molecule has 2 atom stereocenters. The minimum atomic E-state index is -4.78. The van der Waals surface area contributed by atoms with Crippen molar-refractivity contribution in [3.05, 3.63) is 36.0 Å². The highest BCUT2D eigenvalue weighted by Gasteiger charge is 2.33. The zero-order chi connectivity index (χ0) is 25.5. The van der Waals surface area contributed by atoms with Crippen LogP contribution in [0.1, 0.15) is 18.4 Å². The molecule has 2 rings (SSSR count). The monoisotopic (exact) mass is 497 g/mol. The van der Waals surface area contributed by atoms with Crippen LogP contribution in [-0.2, 0) is 30.3 Å². The largest absolute Gasteiger partial charge is 0.455 e. The lowest BCUT2D eigenvalue weighted by Crippen LogP contribution is -2.45. The first kappa shape index (κ1) is 27.0. The van der Waals surface area contributed by atoms with Crippen molar-refractivity contribution in [3.8, 4) is 0 Å². The van der Waals surface area contributed by atoms with Gasteiger partial charge in [0.2, 0.25) is 5.91 Å². The van der Waals surface area contributed by atoms with Crippen LogP contribution in [-0.4, -0.2) is 60.5 Å². The van der Waals surface area contributed by atoms with E-state index in [0.29, 0.717) is 16.5 Å². The van der Waals surface area contributed by atoms with E-state index < -0.39 is 68.3 Å². The normalized spacial score (nSPS) is 13.9. The van der Waals surface area contributed by atoms with Crippen LogP contribution in [0.3, 0.4) is 0 Å². The molecule has 0 aliphatic heterocycles. The first-order valence-corrected chi connectivity index (χ1v) is 9.82. The highest BCUT2D eigenvalue weighted by atomic mass is 19.4. The van der Waals surface area contributed by atoms with Crippen LogP contribution in [0.2, 0.25) is 0 Å². The first-order chi connectivity index (χ1) is 15.7. The summed E-state index contributed by atoms with van der Waals surface area (Å²) in [5.41, 5.74) is 6.61. The summed E-state index contributed by atoms with van der Waals surface area (Å²) in [4.78, 5) is 38.9. The minimum absolute atomic E-state index is 0.216. The van der Waals surface area contributed by atoms with Crippen molar-refractivity contribution >= 4 is 28.7 Å². The molecular weight excluding hydrogens is 476 g/mol. The van der Waals surface area contributed by atoms with Gasteiger partial charge in [-0.25, -0.2) is 4.79 Å². The number of carbonyl (C=O) groups is 3. The maximum absolute atomic E-state index is 12.5. The van der Waals surface area contributed by atoms with E-state index in [1.165, 1.54) is 6.20 Å². The number of fused-ring (bicyclic) bond motifs is 1. The van der Waals surface area contributed by atoms with Crippen molar-refractivity contribution in [2.45, 2.75) is 43.7 Å². The predicted molar refractivity (Wildman–Crippen MR) is 105 cm³/mol. The third kappa shape index (κ3) is 8.92. The fourth-order valence-corrected chi connectivity index (χ4v) is 2.90. The van der Waals surface area contributed by atoms with Crippen molar-refractivity contribution in [1.82, 2.24) is 10.3 Å². The number of H-pyrrole nitrogens is 1. The zero-order valence-corrected chi connectivity index (χ0v) is 17.5. The van der Waals surface area contributed by atoms with E-state index >= 15 is 0 Å². The summed E-state index contributed by atoms with van der Waals surface area (Å²) in [7, 11) is 0. The highest BCUT2D eigenvalue weighted by Crippen LogP contribution is 2.20. The molecule has 0 bridgehead atoms. The van der Waals surface area contributed by atoms with E-state index in [-0.39, 0.29) is 6.42 Å². The van der Waals surface area contributed by atoms with Crippen LogP contribution in [0, 0.1) is 0 Å². The van der Waals surface area contributed by atoms with Gasteiger partial charge in [-0.05, 0) is 18.1 Å². The van der Waals surface area contributed by atoms with Gasteiger partial charge in [0, 0.05) is 29.9 Å². The molecular formula is C20H21F6N3O5. The highest BCUT2D eigenvalue weighted by molar-refractivity contribution is 5.87. The molecule has 0 spiro atoms. The Morgan fingerprint density at radius 2 is 1.56 bits per heavy atom. The van der Waals surface area contributed by atoms with E-state index in [4.69, 9.17) is 5.73 Å². The number of aromatic nitrogens is 1.